The Morgan fingerprint density at radius 1 is 1.25 bits per heavy atom. The second kappa shape index (κ2) is 5.18. The fourth-order valence-corrected chi connectivity index (χ4v) is 1.34. The van der Waals surface area contributed by atoms with E-state index in [0.717, 1.165) is 26.1 Å². The molecule has 0 saturated heterocycles. The van der Waals surface area contributed by atoms with Gasteiger partial charge in [-0.05, 0) is 13.8 Å². The third kappa shape index (κ3) is 2.84. The highest BCUT2D eigenvalue weighted by Gasteiger charge is 2.17. The van der Waals surface area contributed by atoms with E-state index in [4.69, 9.17) is 9.47 Å². The van der Waals surface area contributed by atoms with Gasteiger partial charge in [-0.1, -0.05) is 11.8 Å². The van der Waals surface area contributed by atoms with Crippen LogP contribution in [0.25, 0.3) is 0 Å². The first-order valence-electron chi connectivity index (χ1n) is 4.58. The van der Waals surface area contributed by atoms with Crippen LogP contribution in [0.4, 0.5) is 0 Å². The van der Waals surface area contributed by atoms with Crippen molar-refractivity contribution in [3.63, 3.8) is 0 Å². The van der Waals surface area contributed by atoms with Gasteiger partial charge in [-0.25, -0.2) is 0 Å². The maximum absolute atomic E-state index is 5.48. The van der Waals surface area contributed by atoms with Crippen LogP contribution in [0.15, 0.2) is 0 Å². The first-order valence-corrected chi connectivity index (χ1v) is 4.58. The lowest BCUT2D eigenvalue weighted by molar-refractivity contribution is 0.00918. The van der Waals surface area contributed by atoms with Crippen molar-refractivity contribution in [3.05, 3.63) is 0 Å². The molecule has 0 spiro atoms. The van der Waals surface area contributed by atoms with E-state index in [-0.39, 0.29) is 12.2 Å². The smallest absolute Gasteiger partial charge is 0.120 e. The molecule has 1 aliphatic carbocycles. The van der Waals surface area contributed by atoms with Crippen LogP contribution in [0.1, 0.15) is 26.7 Å². The summed E-state index contributed by atoms with van der Waals surface area (Å²) in [7, 11) is 0. The van der Waals surface area contributed by atoms with Gasteiger partial charge in [0.05, 0.1) is 6.10 Å². The summed E-state index contributed by atoms with van der Waals surface area (Å²) in [6.07, 6.45) is 2.17. The lowest BCUT2D eigenvalue weighted by Gasteiger charge is -2.21. The van der Waals surface area contributed by atoms with Crippen LogP contribution in [-0.4, -0.2) is 25.4 Å². The molecule has 1 aliphatic rings. The average Bonchev–Trinajstić information content (AvgIpc) is 2.06. The van der Waals surface area contributed by atoms with Gasteiger partial charge in [-0.3, -0.25) is 0 Å². The zero-order chi connectivity index (χ0) is 8.81. The molecule has 68 valence electrons. The van der Waals surface area contributed by atoms with Crippen molar-refractivity contribution in [1.29, 1.82) is 0 Å². The molecule has 0 saturated carbocycles. The minimum Gasteiger partial charge on any atom is -0.377 e. The molecule has 2 atom stereocenters. The predicted octanol–water partition coefficient (Wildman–Crippen LogP) is 1.59. The molecule has 0 radical (unpaired) electrons. The van der Waals surface area contributed by atoms with Gasteiger partial charge in [-0.2, -0.15) is 0 Å². The van der Waals surface area contributed by atoms with Gasteiger partial charge in [-0.15, -0.1) is 0 Å². The van der Waals surface area contributed by atoms with Gasteiger partial charge in [0.1, 0.15) is 6.10 Å². The Kier molecular flexibility index (Phi) is 4.13. The zero-order valence-electron chi connectivity index (χ0n) is 7.80. The van der Waals surface area contributed by atoms with Crippen molar-refractivity contribution >= 4 is 0 Å². The van der Waals surface area contributed by atoms with E-state index in [0.29, 0.717) is 0 Å². The molecule has 0 aromatic rings. The molecule has 0 amide bonds. The molecule has 12 heavy (non-hydrogen) atoms. The van der Waals surface area contributed by atoms with Gasteiger partial charge in [0.15, 0.2) is 0 Å². The molecule has 0 bridgehead atoms. The van der Waals surface area contributed by atoms with Crippen LogP contribution in [0.5, 0.6) is 0 Å². The Labute approximate surface area is 74.2 Å². The van der Waals surface area contributed by atoms with E-state index >= 15 is 0 Å². The largest absolute Gasteiger partial charge is 0.377 e. The van der Waals surface area contributed by atoms with E-state index < -0.39 is 0 Å². The quantitative estimate of drug-likeness (QED) is 0.593. The van der Waals surface area contributed by atoms with Crippen molar-refractivity contribution < 1.29 is 9.47 Å². The standard InChI is InChI=1S/C10H16O2/c1-3-11-9-6-5-7-10(8-9)12-4-2/h9-10H,3-4,6,8H2,1-2H3. The molecule has 0 N–H and O–H groups in total. The molecule has 0 aromatic carbocycles. The van der Waals surface area contributed by atoms with Crippen LogP contribution in [0.2, 0.25) is 0 Å². The monoisotopic (exact) mass is 168 g/mol. The molecule has 0 aromatic heterocycles. The fraction of sp³-hybridized carbons (Fsp3) is 0.800. The number of hydrogen-bond acceptors (Lipinski definition) is 2. The Bertz CT molecular complexity index is 178. The van der Waals surface area contributed by atoms with Gasteiger partial charge >= 0.3 is 0 Å². The molecule has 0 aliphatic heterocycles. The summed E-state index contributed by atoms with van der Waals surface area (Å²) < 4.78 is 10.9. The van der Waals surface area contributed by atoms with Crippen molar-refractivity contribution in [3.8, 4) is 11.8 Å². The van der Waals surface area contributed by atoms with Crippen LogP contribution in [0.3, 0.4) is 0 Å². The first-order chi connectivity index (χ1) is 5.86. The molecule has 2 nitrogen and oxygen atoms in total. The summed E-state index contributed by atoms with van der Waals surface area (Å²) in [4.78, 5) is 0. The zero-order valence-corrected chi connectivity index (χ0v) is 7.80. The van der Waals surface area contributed by atoms with Gasteiger partial charge in [0.25, 0.3) is 0 Å². The third-order valence-electron chi connectivity index (χ3n) is 1.84. The Morgan fingerprint density at radius 3 is 2.67 bits per heavy atom. The Hall–Kier alpha value is -0.520. The van der Waals surface area contributed by atoms with Gasteiger partial charge in [0, 0.05) is 26.1 Å². The van der Waals surface area contributed by atoms with Crippen molar-refractivity contribution in [2.24, 2.45) is 0 Å². The number of hydrogen-bond donors (Lipinski definition) is 0. The summed E-state index contributed by atoms with van der Waals surface area (Å²) in [6, 6.07) is 0. The lowest BCUT2D eigenvalue weighted by Crippen LogP contribution is -2.25. The van der Waals surface area contributed by atoms with Crippen molar-refractivity contribution in [2.75, 3.05) is 13.2 Å². The highest BCUT2D eigenvalue weighted by Crippen LogP contribution is 2.13. The van der Waals surface area contributed by atoms with E-state index in [1.54, 1.807) is 0 Å². The van der Waals surface area contributed by atoms with Crippen LogP contribution >= 0.6 is 0 Å². The van der Waals surface area contributed by atoms with Crippen molar-refractivity contribution in [2.45, 2.75) is 38.9 Å². The summed E-state index contributed by atoms with van der Waals surface area (Å²) >= 11 is 0. The van der Waals surface area contributed by atoms with Crippen molar-refractivity contribution in [1.82, 2.24) is 0 Å². The highest BCUT2D eigenvalue weighted by atomic mass is 16.5. The van der Waals surface area contributed by atoms with Gasteiger partial charge < -0.3 is 9.47 Å². The molecule has 0 heterocycles. The molecule has 1 rings (SSSR count). The first kappa shape index (κ1) is 9.57. The molecule has 2 unspecified atom stereocenters. The minimum atomic E-state index is 0.0975. The highest BCUT2D eigenvalue weighted by molar-refractivity contribution is 5.11. The normalized spacial score (nSPS) is 27.8. The summed E-state index contributed by atoms with van der Waals surface area (Å²) in [5.74, 6) is 6.11. The fourth-order valence-electron chi connectivity index (χ4n) is 1.34. The molecular weight excluding hydrogens is 152 g/mol. The average molecular weight is 168 g/mol. The van der Waals surface area contributed by atoms with E-state index in [9.17, 15) is 0 Å². The number of ether oxygens (including phenoxy) is 2. The van der Waals surface area contributed by atoms with E-state index in [1.165, 1.54) is 0 Å². The molecule has 2 heteroatoms. The summed E-state index contributed by atoms with van der Waals surface area (Å²) in [5, 5.41) is 0. The van der Waals surface area contributed by atoms with E-state index in [1.807, 2.05) is 13.8 Å². The predicted molar refractivity (Wildman–Crippen MR) is 47.8 cm³/mol. The SMILES string of the molecule is CCOC1C#CCC(OCC)C1. The lowest BCUT2D eigenvalue weighted by atomic mass is 10.0. The minimum absolute atomic E-state index is 0.0975. The van der Waals surface area contributed by atoms with E-state index in [2.05, 4.69) is 11.8 Å². The van der Waals surface area contributed by atoms with Crippen LogP contribution in [-0.2, 0) is 9.47 Å². The second-order valence-electron chi connectivity index (χ2n) is 2.78. The Balaban J connectivity index is 2.32. The summed E-state index contributed by atoms with van der Waals surface area (Å²) in [6.45, 7) is 5.51. The molecular formula is C10H16O2. The third-order valence-corrected chi connectivity index (χ3v) is 1.84. The number of rotatable bonds is 4. The molecule has 0 fully saturated rings. The second-order valence-corrected chi connectivity index (χ2v) is 2.78. The maximum Gasteiger partial charge on any atom is 0.120 e. The topological polar surface area (TPSA) is 18.5 Å². The Morgan fingerprint density at radius 2 is 2.00 bits per heavy atom. The summed E-state index contributed by atoms with van der Waals surface area (Å²) in [5.41, 5.74) is 0. The van der Waals surface area contributed by atoms with Gasteiger partial charge in [0.2, 0.25) is 0 Å². The van der Waals surface area contributed by atoms with Crippen LogP contribution < -0.4 is 0 Å². The van der Waals surface area contributed by atoms with Crippen LogP contribution in [0, 0.1) is 11.8 Å². The maximum atomic E-state index is 5.48.